The van der Waals surface area contributed by atoms with Gasteiger partial charge in [0.1, 0.15) is 11.4 Å². The summed E-state index contributed by atoms with van der Waals surface area (Å²) in [6.07, 6.45) is 0. The smallest absolute Gasteiger partial charge is 0.300 e. The van der Waals surface area contributed by atoms with Crippen molar-refractivity contribution >= 4 is 23.0 Å². The normalized spacial score (nSPS) is 9.88. The maximum absolute atomic E-state index is 12.0. The number of hydrogen-bond acceptors (Lipinski definition) is 7. The number of carbonyl (C=O) groups is 1. The number of amides is 1. The summed E-state index contributed by atoms with van der Waals surface area (Å²) in [4.78, 5) is 32.2. The lowest BCUT2D eigenvalue weighted by Crippen LogP contribution is -2.29. The molecule has 0 aliphatic carbocycles. The number of nitrogens with one attached hydrogen (secondary N) is 2. The Bertz CT molecular complexity index is 808. The number of methoxy groups -OCH3 is 1. The van der Waals surface area contributed by atoms with Gasteiger partial charge in [0, 0.05) is 11.6 Å². The first-order chi connectivity index (χ1) is 11.4. The van der Waals surface area contributed by atoms with Gasteiger partial charge in [-0.05, 0) is 24.3 Å². The van der Waals surface area contributed by atoms with Crippen LogP contribution in [0.4, 0.5) is 17.1 Å². The first-order valence-electron chi connectivity index (χ1n) is 6.55. The molecular formula is C14H12N4O6. The third-order valence-corrected chi connectivity index (χ3v) is 3.03. The Kier molecular flexibility index (Phi) is 4.90. The van der Waals surface area contributed by atoms with Gasteiger partial charge < -0.3 is 4.74 Å². The zero-order chi connectivity index (χ0) is 17.7. The summed E-state index contributed by atoms with van der Waals surface area (Å²) in [6, 6.07) is 9.33. The van der Waals surface area contributed by atoms with E-state index in [9.17, 15) is 25.0 Å². The van der Waals surface area contributed by atoms with Crippen molar-refractivity contribution in [1.29, 1.82) is 0 Å². The van der Waals surface area contributed by atoms with Gasteiger partial charge in [-0.25, -0.2) is 0 Å². The Labute approximate surface area is 135 Å². The monoisotopic (exact) mass is 332 g/mol. The molecule has 0 aliphatic heterocycles. The predicted octanol–water partition coefficient (Wildman–Crippen LogP) is 2.27. The van der Waals surface area contributed by atoms with Crippen molar-refractivity contribution in [2.24, 2.45) is 0 Å². The lowest BCUT2D eigenvalue weighted by molar-refractivity contribution is -0.393. The van der Waals surface area contributed by atoms with Gasteiger partial charge in [0.25, 0.3) is 11.6 Å². The molecule has 10 nitrogen and oxygen atoms in total. The number of hydrogen-bond donors (Lipinski definition) is 2. The molecule has 2 aromatic rings. The van der Waals surface area contributed by atoms with Gasteiger partial charge in [-0.2, -0.15) is 0 Å². The average Bonchev–Trinajstić information content (AvgIpc) is 2.59. The molecule has 0 heterocycles. The molecule has 124 valence electrons. The molecule has 1 amide bonds. The molecule has 0 saturated heterocycles. The summed E-state index contributed by atoms with van der Waals surface area (Å²) in [5.74, 6) is -0.0782. The fourth-order valence-corrected chi connectivity index (χ4v) is 1.85. The van der Waals surface area contributed by atoms with Gasteiger partial charge in [-0.1, -0.05) is 6.07 Å². The molecule has 24 heavy (non-hydrogen) atoms. The second kappa shape index (κ2) is 7.05. The van der Waals surface area contributed by atoms with Crippen LogP contribution in [0.2, 0.25) is 0 Å². The van der Waals surface area contributed by atoms with E-state index in [4.69, 9.17) is 4.74 Å². The number of nitro groups is 2. The van der Waals surface area contributed by atoms with E-state index in [0.29, 0.717) is 5.75 Å². The number of anilines is 1. The number of non-ortho nitro benzene ring substituents is 1. The summed E-state index contributed by atoms with van der Waals surface area (Å²) in [5, 5.41) is 21.7. The molecule has 2 rings (SSSR count). The van der Waals surface area contributed by atoms with E-state index in [1.807, 2.05) is 0 Å². The number of carbonyl (C=O) groups excluding carboxylic acids is 1. The Morgan fingerprint density at radius 3 is 2.46 bits per heavy atom. The standard InChI is InChI=1S/C14H12N4O6/c1-24-11-4-2-3-9(7-11)14(19)16-15-12-6-5-10(17(20)21)8-13(12)18(22)23/h2-8,15H,1H3,(H,16,19). The van der Waals surface area contributed by atoms with Crippen molar-refractivity contribution in [1.82, 2.24) is 5.43 Å². The zero-order valence-electron chi connectivity index (χ0n) is 12.4. The maximum atomic E-state index is 12.0. The van der Waals surface area contributed by atoms with Gasteiger partial charge in [0.2, 0.25) is 0 Å². The third kappa shape index (κ3) is 3.74. The average molecular weight is 332 g/mol. The van der Waals surface area contributed by atoms with Crippen molar-refractivity contribution in [2.75, 3.05) is 12.5 Å². The Morgan fingerprint density at radius 1 is 1.08 bits per heavy atom. The number of hydrazine groups is 1. The molecule has 0 aliphatic rings. The van der Waals surface area contributed by atoms with E-state index in [-0.39, 0.29) is 11.3 Å². The highest BCUT2D eigenvalue weighted by Crippen LogP contribution is 2.28. The molecule has 2 aromatic carbocycles. The molecule has 0 radical (unpaired) electrons. The Morgan fingerprint density at radius 2 is 1.83 bits per heavy atom. The van der Waals surface area contributed by atoms with Crippen LogP contribution >= 0.6 is 0 Å². The molecule has 0 saturated carbocycles. The SMILES string of the molecule is COc1cccc(C(=O)NNc2ccc([N+](=O)[O-])cc2[N+](=O)[O-])c1. The molecule has 0 fully saturated rings. The van der Waals surface area contributed by atoms with Crippen LogP contribution in [-0.2, 0) is 0 Å². The van der Waals surface area contributed by atoms with E-state index < -0.39 is 27.1 Å². The molecule has 0 bridgehead atoms. The van der Waals surface area contributed by atoms with Crippen molar-refractivity contribution in [3.8, 4) is 5.75 Å². The lowest BCUT2D eigenvalue weighted by atomic mass is 10.2. The van der Waals surface area contributed by atoms with E-state index in [1.54, 1.807) is 12.1 Å². The van der Waals surface area contributed by atoms with Crippen molar-refractivity contribution in [2.45, 2.75) is 0 Å². The summed E-state index contributed by atoms with van der Waals surface area (Å²) in [6.45, 7) is 0. The molecule has 2 N–H and O–H groups in total. The largest absolute Gasteiger partial charge is 0.497 e. The minimum Gasteiger partial charge on any atom is -0.497 e. The summed E-state index contributed by atoms with van der Waals surface area (Å²) < 4.78 is 5.00. The minimum absolute atomic E-state index is 0.0816. The fourth-order valence-electron chi connectivity index (χ4n) is 1.85. The summed E-state index contributed by atoms with van der Waals surface area (Å²) >= 11 is 0. The summed E-state index contributed by atoms with van der Waals surface area (Å²) in [5.41, 5.74) is 3.91. The summed E-state index contributed by atoms with van der Waals surface area (Å²) in [7, 11) is 1.45. The number of benzene rings is 2. The highest BCUT2D eigenvalue weighted by Gasteiger charge is 2.20. The lowest BCUT2D eigenvalue weighted by Gasteiger charge is -2.09. The van der Waals surface area contributed by atoms with Crippen LogP contribution < -0.4 is 15.6 Å². The molecule has 0 atom stereocenters. The number of rotatable bonds is 6. The second-order valence-electron chi connectivity index (χ2n) is 4.53. The van der Waals surface area contributed by atoms with Crippen LogP contribution in [-0.4, -0.2) is 22.9 Å². The third-order valence-electron chi connectivity index (χ3n) is 3.03. The highest BCUT2D eigenvalue weighted by atomic mass is 16.6. The van der Waals surface area contributed by atoms with Crippen LogP contribution in [0.15, 0.2) is 42.5 Å². The van der Waals surface area contributed by atoms with E-state index in [1.165, 1.54) is 19.2 Å². The van der Waals surface area contributed by atoms with Crippen LogP contribution in [0.1, 0.15) is 10.4 Å². The topological polar surface area (TPSA) is 137 Å². The molecule has 0 aromatic heterocycles. The van der Waals surface area contributed by atoms with Crippen molar-refractivity contribution in [3.63, 3.8) is 0 Å². The second-order valence-corrected chi connectivity index (χ2v) is 4.53. The Hall–Kier alpha value is -3.69. The fraction of sp³-hybridized carbons (Fsp3) is 0.0714. The maximum Gasteiger partial charge on any atom is 0.300 e. The van der Waals surface area contributed by atoms with Crippen LogP contribution in [0.3, 0.4) is 0 Å². The van der Waals surface area contributed by atoms with Crippen LogP contribution in [0.5, 0.6) is 5.75 Å². The molecule has 0 unspecified atom stereocenters. The minimum atomic E-state index is -0.785. The quantitative estimate of drug-likeness (QED) is 0.611. The van der Waals surface area contributed by atoms with Gasteiger partial charge in [0.15, 0.2) is 0 Å². The van der Waals surface area contributed by atoms with Crippen LogP contribution in [0.25, 0.3) is 0 Å². The van der Waals surface area contributed by atoms with E-state index in [0.717, 1.165) is 18.2 Å². The first kappa shape index (κ1) is 16.7. The van der Waals surface area contributed by atoms with E-state index in [2.05, 4.69) is 10.9 Å². The van der Waals surface area contributed by atoms with Crippen LogP contribution in [0, 0.1) is 20.2 Å². The van der Waals surface area contributed by atoms with E-state index >= 15 is 0 Å². The van der Waals surface area contributed by atoms with Gasteiger partial charge in [-0.15, -0.1) is 0 Å². The van der Waals surface area contributed by atoms with Gasteiger partial charge >= 0.3 is 5.69 Å². The molecule has 10 heteroatoms. The van der Waals surface area contributed by atoms with Gasteiger partial charge in [-0.3, -0.25) is 35.9 Å². The Balaban J connectivity index is 2.17. The number of ether oxygens (including phenoxy) is 1. The molecular weight excluding hydrogens is 320 g/mol. The van der Waals surface area contributed by atoms with Gasteiger partial charge in [0.05, 0.1) is 23.0 Å². The van der Waals surface area contributed by atoms with Crippen molar-refractivity contribution < 1.29 is 19.4 Å². The predicted molar refractivity (Wildman–Crippen MR) is 83.8 cm³/mol. The number of nitrogens with zero attached hydrogens (tertiary/aromatic N) is 2. The highest BCUT2D eigenvalue weighted by molar-refractivity contribution is 5.95. The first-order valence-corrected chi connectivity index (χ1v) is 6.55. The zero-order valence-corrected chi connectivity index (χ0v) is 12.4. The van der Waals surface area contributed by atoms with Crippen molar-refractivity contribution in [3.05, 3.63) is 68.3 Å². The molecule has 0 spiro atoms. The number of nitro benzene ring substituents is 2.